The van der Waals surface area contributed by atoms with Crippen molar-refractivity contribution >= 4 is 0 Å². The molecule has 0 bridgehead atoms. The molecule has 1 unspecified atom stereocenters. The number of rotatable bonds is 1. The van der Waals surface area contributed by atoms with E-state index in [1.807, 2.05) is 13.8 Å². The van der Waals surface area contributed by atoms with Crippen molar-refractivity contribution in [3.63, 3.8) is 0 Å². The molecule has 9 heavy (non-hydrogen) atoms. The standard InChI is InChI=1S/C5H12FN.C2H6/c1-4(7)5(2,3)6;1-2/h4H,7H2,1-3H3;1-2H3. The molecular weight excluding hydrogens is 117 g/mol. The highest BCUT2D eigenvalue weighted by Gasteiger charge is 2.19. The zero-order chi connectivity index (χ0) is 8.08. The van der Waals surface area contributed by atoms with E-state index in [1.165, 1.54) is 13.8 Å². The molecule has 0 aliphatic rings. The van der Waals surface area contributed by atoms with Crippen LogP contribution in [0.25, 0.3) is 0 Å². The van der Waals surface area contributed by atoms with Crippen LogP contribution in [0.2, 0.25) is 0 Å². The van der Waals surface area contributed by atoms with E-state index in [4.69, 9.17) is 5.73 Å². The summed E-state index contributed by atoms with van der Waals surface area (Å²) in [5.41, 5.74) is 3.97. The summed E-state index contributed by atoms with van der Waals surface area (Å²) < 4.78 is 12.4. The van der Waals surface area contributed by atoms with Crippen LogP contribution in [-0.4, -0.2) is 11.7 Å². The first-order valence-electron chi connectivity index (χ1n) is 3.39. The average Bonchev–Trinajstić information content (AvgIpc) is 1.69. The number of hydrogen-bond acceptors (Lipinski definition) is 1. The molecule has 0 aromatic carbocycles. The van der Waals surface area contributed by atoms with Crippen LogP contribution in [0.1, 0.15) is 34.6 Å². The fourth-order valence-electron chi connectivity index (χ4n) is 0. The van der Waals surface area contributed by atoms with E-state index >= 15 is 0 Å². The fraction of sp³-hybridized carbons (Fsp3) is 1.00. The largest absolute Gasteiger partial charge is 0.325 e. The maximum Gasteiger partial charge on any atom is 0.120 e. The molecule has 0 saturated carbocycles. The van der Waals surface area contributed by atoms with Crippen molar-refractivity contribution in [3.05, 3.63) is 0 Å². The number of halogens is 1. The minimum absolute atomic E-state index is 0.368. The molecule has 0 heterocycles. The third-order valence-corrected chi connectivity index (χ3v) is 1.08. The number of alkyl halides is 1. The molecule has 0 aromatic heterocycles. The van der Waals surface area contributed by atoms with Gasteiger partial charge in [-0.1, -0.05) is 13.8 Å². The van der Waals surface area contributed by atoms with Gasteiger partial charge in [-0.25, -0.2) is 4.39 Å². The number of nitrogens with two attached hydrogens (primary N) is 1. The topological polar surface area (TPSA) is 26.0 Å². The summed E-state index contributed by atoms with van der Waals surface area (Å²) in [7, 11) is 0. The van der Waals surface area contributed by atoms with Crippen molar-refractivity contribution in [2.45, 2.75) is 46.3 Å². The Morgan fingerprint density at radius 3 is 1.44 bits per heavy atom. The molecule has 0 aliphatic heterocycles. The Hall–Kier alpha value is -0.110. The molecule has 0 fully saturated rings. The van der Waals surface area contributed by atoms with Gasteiger partial charge in [0, 0.05) is 6.04 Å². The highest BCUT2D eigenvalue weighted by Crippen LogP contribution is 2.10. The van der Waals surface area contributed by atoms with Crippen molar-refractivity contribution in [1.82, 2.24) is 0 Å². The second-order valence-corrected chi connectivity index (χ2v) is 2.35. The zero-order valence-electron chi connectivity index (χ0n) is 7.03. The Bertz CT molecular complexity index is 54.4. The van der Waals surface area contributed by atoms with E-state index in [1.54, 1.807) is 6.92 Å². The van der Waals surface area contributed by atoms with E-state index in [0.717, 1.165) is 0 Å². The van der Waals surface area contributed by atoms with Crippen LogP contribution in [0.15, 0.2) is 0 Å². The normalized spacial score (nSPS) is 13.7. The predicted octanol–water partition coefficient (Wildman–Crippen LogP) is 2.11. The fourth-order valence-corrected chi connectivity index (χ4v) is 0. The summed E-state index contributed by atoms with van der Waals surface area (Å²) in [4.78, 5) is 0. The summed E-state index contributed by atoms with van der Waals surface area (Å²) in [6, 6.07) is -0.368. The second kappa shape index (κ2) is 4.74. The average molecular weight is 135 g/mol. The Labute approximate surface area is 57.4 Å². The van der Waals surface area contributed by atoms with E-state index in [0.29, 0.717) is 0 Å². The van der Waals surface area contributed by atoms with E-state index in [2.05, 4.69) is 0 Å². The Balaban J connectivity index is 0. The van der Waals surface area contributed by atoms with Crippen LogP contribution in [0.5, 0.6) is 0 Å². The SMILES string of the molecule is CC.CC(N)C(C)(C)F. The van der Waals surface area contributed by atoms with E-state index < -0.39 is 5.67 Å². The van der Waals surface area contributed by atoms with Crippen molar-refractivity contribution in [3.8, 4) is 0 Å². The summed E-state index contributed by atoms with van der Waals surface area (Å²) in [6.07, 6.45) is 0. The lowest BCUT2D eigenvalue weighted by Gasteiger charge is -2.17. The van der Waals surface area contributed by atoms with Crippen LogP contribution in [-0.2, 0) is 0 Å². The van der Waals surface area contributed by atoms with Crippen molar-refractivity contribution in [2.75, 3.05) is 0 Å². The molecular formula is C7H18FN. The van der Waals surface area contributed by atoms with Crippen LogP contribution in [0.3, 0.4) is 0 Å². The summed E-state index contributed by atoms with van der Waals surface area (Å²) in [6.45, 7) is 8.59. The first-order chi connectivity index (χ1) is 3.94. The Kier molecular flexibility index (Phi) is 6.14. The monoisotopic (exact) mass is 135 g/mol. The van der Waals surface area contributed by atoms with Gasteiger partial charge in [-0.2, -0.15) is 0 Å². The Morgan fingerprint density at radius 2 is 1.44 bits per heavy atom. The number of hydrogen-bond donors (Lipinski definition) is 1. The van der Waals surface area contributed by atoms with Crippen molar-refractivity contribution < 1.29 is 4.39 Å². The van der Waals surface area contributed by atoms with Crippen molar-refractivity contribution in [1.29, 1.82) is 0 Å². The van der Waals surface area contributed by atoms with Gasteiger partial charge in [0.15, 0.2) is 0 Å². The second-order valence-electron chi connectivity index (χ2n) is 2.35. The molecule has 58 valence electrons. The lowest BCUT2D eigenvalue weighted by molar-refractivity contribution is 0.182. The lowest BCUT2D eigenvalue weighted by Crippen LogP contribution is -2.36. The van der Waals surface area contributed by atoms with E-state index in [-0.39, 0.29) is 6.04 Å². The third kappa shape index (κ3) is 7.89. The van der Waals surface area contributed by atoms with Gasteiger partial charge < -0.3 is 5.73 Å². The lowest BCUT2D eigenvalue weighted by atomic mass is 10.0. The van der Waals surface area contributed by atoms with Gasteiger partial charge >= 0.3 is 0 Å². The van der Waals surface area contributed by atoms with Gasteiger partial charge in [0.1, 0.15) is 5.67 Å². The van der Waals surface area contributed by atoms with Crippen LogP contribution in [0.4, 0.5) is 4.39 Å². The first-order valence-corrected chi connectivity index (χ1v) is 3.39. The molecule has 0 amide bonds. The highest BCUT2D eigenvalue weighted by molar-refractivity contribution is 4.75. The van der Waals surface area contributed by atoms with Gasteiger partial charge in [0.2, 0.25) is 0 Å². The molecule has 1 nitrogen and oxygen atoms in total. The maximum absolute atomic E-state index is 12.4. The van der Waals surface area contributed by atoms with Gasteiger partial charge in [-0.3, -0.25) is 0 Å². The minimum atomic E-state index is -1.22. The quantitative estimate of drug-likeness (QED) is 0.585. The molecule has 0 radical (unpaired) electrons. The van der Waals surface area contributed by atoms with Gasteiger partial charge in [0.05, 0.1) is 0 Å². The van der Waals surface area contributed by atoms with E-state index in [9.17, 15) is 4.39 Å². The van der Waals surface area contributed by atoms with Gasteiger partial charge in [-0.05, 0) is 20.8 Å². The molecule has 2 heteroatoms. The van der Waals surface area contributed by atoms with Gasteiger partial charge in [0.25, 0.3) is 0 Å². The molecule has 0 aromatic rings. The molecule has 2 N–H and O–H groups in total. The van der Waals surface area contributed by atoms with Crippen LogP contribution < -0.4 is 5.73 Å². The predicted molar refractivity (Wildman–Crippen MR) is 40.2 cm³/mol. The smallest absolute Gasteiger partial charge is 0.120 e. The molecule has 0 spiro atoms. The minimum Gasteiger partial charge on any atom is -0.325 e. The molecule has 0 rings (SSSR count). The maximum atomic E-state index is 12.4. The van der Waals surface area contributed by atoms with Crippen LogP contribution >= 0.6 is 0 Å². The zero-order valence-corrected chi connectivity index (χ0v) is 7.03. The van der Waals surface area contributed by atoms with Crippen molar-refractivity contribution in [2.24, 2.45) is 5.73 Å². The van der Waals surface area contributed by atoms with Crippen LogP contribution in [0, 0.1) is 0 Å². The van der Waals surface area contributed by atoms with Gasteiger partial charge in [-0.15, -0.1) is 0 Å². The molecule has 0 saturated heterocycles. The first kappa shape index (κ1) is 11.7. The Morgan fingerprint density at radius 1 is 1.33 bits per heavy atom. The summed E-state index contributed by atoms with van der Waals surface area (Å²) in [5.74, 6) is 0. The summed E-state index contributed by atoms with van der Waals surface area (Å²) >= 11 is 0. The third-order valence-electron chi connectivity index (χ3n) is 1.08. The molecule has 0 aliphatic carbocycles. The highest BCUT2D eigenvalue weighted by atomic mass is 19.1. The summed E-state index contributed by atoms with van der Waals surface area (Å²) in [5, 5.41) is 0. The molecule has 1 atom stereocenters.